The van der Waals surface area contributed by atoms with Crippen molar-refractivity contribution in [2.45, 2.75) is 37.6 Å². The molecule has 1 unspecified atom stereocenters. The summed E-state index contributed by atoms with van der Waals surface area (Å²) in [5, 5.41) is 30.5. The number of aliphatic hydroxyl groups is 3. The molecule has 0 radical (unpaired) electrons. The molecule has 1 aliphatic rings. The van der Waals surface area contributed by atoms with Crippen LogP contribution in [0, 0.1) is 6.92 Å². The Morgan fingerprint density at radius 2 is 1.83 bits per heavy atom. The molecule has 1 aliphatic heterocycles. The quantitative estimate of drug-likeness (QED) is 0.178. The molecule has 11 nitrogen and oxygen atoms in total. The molecule has 0 amide bonds. The van der Waals surface area contributed by atoms with E-state index in [1.54, 1.807) is 13.0 Å². The van der Waals surface area contributed by atoms with E-state index in [4.69, 9.17) is 13.9 Å². The first-order valence-corrected chi connectivity index (χ1v) is 9.39. The smallest absolute Gasteiger partial charge is 0.726 e. The summed E-state index contributed by atoms with van der Waals surface area (Å²) in [6, 6.07) is 5.79. The summed E-state index contributed by atoms with van der Waals surface area (Å²) in [5.41, 5.74) is 0.331. The van der Waals surface area contributed by atoms with Gasteiger partial charge in [-0.15, -0.1) is 0 Å². The van der Waals surface area contributed by atoms with Gasteiger partial charge in [-0.05, 0) is 24.6 Å². The number of rotatable bonds is 5. The number of aryl methyl sites for hydroxylation is 1. The van der Waals surface area contributed by atoms with Gasteiger partial charge >= 0.3 is 35.2 Å². The zero-order chi connectivity index (χ0) is 20.6. The summed E-state index contributed by atoms with van der Waals surface area (Å²) >= 11 is 0. The Hall–Kier alpha value is -1.06. The molecule has 1 fully saturated rings. The first-order chi connectivity index (χ1) is 13.0. The third kappa shape index (κ3) is 5.76. The van der Waals surface area contributed by atoms with Crippen molar-refractivity contribution >= 4 is 21.4 Å². The zero-order valence-corrected chi connectivity index (χ0v) is 18.2. The van der Waals surface area contributed by atoms with Gasteiger partial charge in [-0.2, -0.15) is 0 Å². The van der Waals surface area contributed by atoms with E-state index in [1.807, 2.05) is 0 Å². The van der Waals surface area contributed by atoms with Crippen LogP contribution in [0.4, 0.5) is 0 Å². The van der Waals surface area contributed by atoms with E-state index in [0.29, 0.717) is 10.9 Å². The van der Waals surface area contributed by atoms with E-state index < -0.39 is 53.3 Å². The average Bonchev–Trinajstić information content (AvgIpc) is 2.60. The van der Waals surface area contributed by atoms with Crippen molar-refractivity contribution in [1.29, 1.82) is 0 Å². The van der Waals surface area contributed by atoms with Gasteiger partial charge in [0.1, 0.15) is 35.7 Å². The first-order valence-electron chi connectivity index (χ1n) is 8.06. The molecule has 0 bridgehead atoms. The summed E-state index contributed by atoms with van der Waals surface area (Å²) in [7, 11) is -5.05. The van der Waals surface area contributed by atoms with E-state index in [9.17, 15) is 33.1 Å². The van der Waals surface area contributed by atoms with E-state index in [2.05, 4.69) is 4.18 Å². The van der Waals surface area contributed by atoms with Crippen LogP contribution in [0.5, 0.6) is 5.75 Å². The van der Waals surface area contributed by atoms with Crippen LogP contribution in [0.25, 0.3) is 11.0 Å². The van der Waals surface area contributed by atoms with Gasteiger partial charge in [0, 0.05) is 17.5 Å². The largest absolute Gasteiger partial charge is 1.00 e. The van der Waals surface area contributed by atoms with Crippen LogP contribution < -0.4 is 39.9 Å². The molecule has 0 spiro atoms. The number of fused-ring (bicyclic) bond motifs is 1. The second-order valence-electron chi connectivity index (χ2n) is 6.23. The molecule has 1 aromatic carbocycles. The standard InChI is InChI=1S/C16H18O11S.Na/c1-7-4-12(17)26-10-5-8(2-3-9(7)10)25-16-15(20)14(19)13(18)11(27-16)6-24-28(21,22)23;/h2-5,11,13-16,18-20H,6H2,1H3,(H,21,22,23);/q;+1/p-1/t11?,13-,14+,15+,16-;/m1./s1. The van der Waals surface area contributed by atoms with Gasteiger partial charge in [-0.1, -0.05) is 0 Å². The third-order valence-corrected chi connectivity index (χ3v) is 4.64. The molecule has 1 aromatic heterocycles. The van der Waals surface area contributed by atoms with Crippen molar-refractivity contribution in [3.63, 3.8) is 0 Å². The molecular weight excluding hydrogens is 423 g/mol. The van der Waals surface area contributed by atoms with E-state index in [0.717, 1.165) is 0 Å². The predicted molar refractivity (Wildman–Crippen MR) is 90.2 cm³/mol. The Morgan fingerprint density at radius 1 is 1.14 bits per heavy atom. The summed E-state index contributed by atoms with van der Waals surface area (Å²) in [5.74, 6) is 0.102. The van der Waals surface area contributed by atoms with Gasteiger partial charge in [-0.25, -0.2) is 13.2 Å². The van der Waals surface area contributed by atoms with Crippen LogP contribution in [0.2, 0.25) is 0 Å². The Morgan fingerprint density at radius 3 is 2.48 bits per heavy atom. The zero-order valence-electron chi connectivity index (χ0n) is 15.4. The maximum atomic E-state index is 11.5. The number of hydrogen-bond acceptors (Lipinski definition) is 11. The van der Waals surface area contributed by atoms with Crippen LogP contribution in [0.3, 0.4) is 0 Å². The summed E-state index contributed by atoms with van der Waals surface area (Å²) < 4.78 is 51.6. The minimum Gasteiger partial charge on any atom is -0.726 e. The van der Waals surface area contributed by atoms with Crippen molar-refractivity contribution in [3.05, 3.63) is 40.2 Å². The number of hydrogen-bond donors (Lipinski definition) is 3. The summed E-state index contributed by atoms with van der Waals surface area (Å²) in [4.78, 5) is 11.5. The molecule has 154 valence electrons. The van der Waals surface area contributed by atoms with Crippen molar-refractivity contribution in [2.24, 2.45) is 0 Å². The molecule has 0 saturated carbocycles. The van der Waals surface area contributed by atoms with Crippen LogP contribution in [0.15, 0.2) is 33.5 Å². The van der Waals surface area contributed by atoms with Gasteiger partial charge < -0.3 is 33.8 Å². The maximum absolute atomic E-state index is 11.5. The fourth-order valence-corrected chi connectivity index (χ4v) is 3.12. The summed E-state index contributed by atoms with van der Waals surface area (Å²) in [6.07, 6.45) is -8.19. The molecule has 29 heavy (non-hydrogen) atoms. The third-order valence-electron chi connectivity index (χ3n) is 4.22. The topological polar surface area (TPSA) is 176 Å². The number of benzene rings is 1. The molecule has 3 N–H and O–H groups in total. The monoisotopic (exact) mass is 440 g/mol. The van der Waals surface area contributed by atoms with Crippen LogP contribution in [0.1, 0.15) is 5.56 Å². The van der Waals surface area contributed by atoms with E-state index in [-0.39, 0.29) is 40.9 Å². The van der Waals surface area contributed by atoms with Crippen LogP contribution in [-0.4, -0.2) is 65.6 Å². The van der Waals surface area contributed by atoms with Gasteiger partial charge in [0.05, 0.1) is 6.61 Å². The fraction of sp³-hybridized carbons (Fsp3) is 0.438. The molecule has 2 aromatic rings. The Bertz CT molecular complexity index is 1020. The van der Waals surface area contributed by atoms with Gasteiger partial charge in [0.25, 0.3) is 0 Å². The van der Waals surface area contributed by atoms with Crippen molar-refractivity contribution in [1.82, 2.24) is 0 Å². The molecule has 5 atom stereocenters. The molecule has 1 saturated heterocycles. The minimum atomic E-state index is -5.05. The molecular formula is C16H17NaO11S. The van der Waals surface area contributed by atoms with Crippen molar-refractivity contribution in [2.75, 3.05) is 6.61 Å². The maximum Gasteiger partial charge on any atom is 1.00 e. The van der Waals surface area contributed by atoms with Crippen molar-refractivity contribution in [3.8, 4) is 5.75 Å². The fourth-order valence-electron chi connectivity index (χ4n) is 2.81. The van der Waals surface area contributed by atoms with E-state index >= 15 is 0 Å². The Balaban J connectivity index is 0.00000300. The second-order valence-corrected chi connectivity index (χ2v) is 7.28. The Labute approximate surface area is 187 Å². The predicted octanol–water partition coefficient (Wildman–Crippen LogP) is -4.23. The van der Waals surface area contributed by atoms with Gasteiger partial charge in [-0.3, -0.25) is 4.18 Å². The van der Waals surface area contributed by atoms with E-state index in [1.165, 1.54) is 18.2 Å². The number of ether oxygens (including phenoxy) is 2. The minimum absolute atomic E-state index is 0. The van der Waals surface area contributed by atoms with Crippen molar-refractivity contribution < 1.29 is 75.9 Å². The normalized spacial score (nSPS) is 27.4. The van der Waals surface area contributed by atoms with Crippen LogP contribution >= 0.6 is 0 Å². The molecule has 2 heterocycles. The SMILES string of the molecule is Cc1cc(=O)oc2cc(O[C@@H]3OC(COS(=O)(=O)[O-])[C@@H](O)[C@H](O)[C@@H]3O)ccc12.[Na+]. The van der Waals surface area contributed by atoms with Gasteiger partial charge in [0.15, 0.2) is 0 Å². The van der Waals surface area contributed by atoms with Crippen LogP contribution in [-0.2, 0) is 19.3 Å². The first kappa shape index (κ1) is 24.2. The number of aliphatic hydroxyl groups excluding tert-OH is 3. The molecule has 3 rings (SSSR count). The molecule has 0 aliphatic carbocycles. The second kappa shape index (κ2) is 9.39. The average molecular weight is 440 g/mol. The molecule has 13 heteroatoms. The van der Waals surface area contributed by atoms with Gasteiger partial charge in [0.2, 0.25) is 16.7 Å². The summed E-state index contributed by atoms with van der Waals surface area (Å²) in [6.45, 7) is 0.836. The Kier molecular flexibility index (Phi) is 7.84.